The van der Waals surface area contributed by atoms with E-state index in [0.29, 0.717) is 5.95 Å². The molecule has 0 fully saturated rings. The Morgan fingerprint density at radius 2 is 2.24 bits per heavy atom. The first-order chi connectivity index (χ1) is 10.4. The monoisotopic (exact) mass is 285 g/mol. The van der Waals surface area contributed by atoms with E-state index in [1.165, 1.54) is 11.3 Å². The fourth-order valence-corrected chi connectivity index (χ4v) is 2.47. The highest BCUT2D eigenvalue weighted by molar-refractivity contribution is 5.65. The van der Waals surface area contributed by atoms with E-state index in [1.807, 2.05) is 6.07 Å². The van der Waals surface area contributed by atoms with Gasteiger partial charge in [0.25, 0.3) is 5.95 Å². The number of nitrogens with one attached hydrogen (secondary N) is 1. The number of nitrogens with zero attached hydrogens (tertiary/aromatic N) is 4. The Labute approximate surface area is 124 Å². The SMILES string of the molecule is COCCCNc1cnnc(N2CCc3ccccc32)n1. The fraction of sp³-hybridized carbons (Fsp3) is 0.400. The van der Waals surface area contributed by atoms with E-state index in [-0.39, 0.29) is 0 Å². The molecule has 0 unspecified atom stereocenters. The van der Waals surface area contributed by atoms with Crippen LogP contribution >= 0.6 is 0 Å². The molecule has 1 N–H and O–H groups in total. The van der Waals surface area contributed by atoms with Gasteiger partial charge < -0.3 is 15.0 Å². The zero-order valence-electron chi connectivity index (χ0n) is 12.1. The molecule has 0 spiro atoms. The second-order valence-electron chi connectivity index (χ2n) is 4.95. The number of rotatable bonds is 6. The van der Waals surface area contributed by atoms with Crippen molar-refractivity contribution in [2.45, 2.75) is 12.8 Å². The summed E-state index contributed by atoms with van der Waals surface area (Å²) in [7, 11) is 1.70. The normalized spacial score (nSPS) is 13.3. The van der Waals surface area contributed by atoms with Crippen LogP contribution in [0.2, 0.25) is 0 Å². The number of anilines is 3. The Balaban J connectivity index is 1.72. The molecule has 0 radical (unpaired) electrons. The molecule has 1 aliphatic heterocycles. The van der Waals surface area contributed by atoms with Gasteiger partial charge >= 0.3 is 0 Å². The number of hydrogen-bond donors (Lipinski definition) is 1. The number of fused-ring (bicyclic) bond motifs is 1. The molecule has 0 bridgehead atoms. The molecule has 2 aromatic rings. The molecule has 1 aromatic carbocycles. The summed E-state index contributed by atoms with van der Waals surface area (Å²) in [5, 5.41) is 11.5. The van der Waals surface area contributed by atoms with Crippen molar-refractivity contribution in [3.8, 4) is 0 Å². The first kappa shape index (κ1) is 13.8. The summed E-state index contributed by atoms with van der Waals surface area (Å²) >= 11 is 0. The summed E-state index contributed by atoms with van der Waals surface area (Å²) in [6, 6.07) is 8.35. The third-order valence-electron chi connectivity index (χ3n) is 3.51. The molecule has 6 nitrogen and oxygen atoms in total. The number of para-hydroxylation sites is 1. The molecule has 0 aliphatic carbocycles. The molecular formula is C15H19N5O. The minimum Gasteiger partial charge on any atom is -0.385 e. The summed E-state index contributed by atoms with van der Waals surface area (Å²) < 4.78 is 5.03. The van der Waals surface area contributed by atoms with Crippen LogP contribution in [0.25, 0.3) is 0 Å². The summed E-state index contributed by atoms with van der Waals surface area (Å²) in [5.41, 5.74) is 2.51. The number of hydrogen-bond acceptors (Lipinski definition) is 6. The third-order valence-corrected chi connectivity index (χ3v) is 3.51. The largest absolute Gasteiger partial charge is 0.385 e. The lowest BCUT2D eigenvalue weighted by Gasteiger charge is -2.17. The molecule has 0 saturated heterocycles. The van der Waals surface area contributed by atoms with Crippen LogP contribution in [0, 0.1) is 0 Å². The standard InChI is InChI=1S/C15H19N5O/c1-21-10-4-8-16-14-11-17-19-15(18-14)20-9-7-12-5-2-3-6-13(12)20/h2-3,5-6,11H,4,7-10H2,1H3,(H,16,18,19). The van der Waals surface area contributed by atoms with Gasteiger partial charge in [-0.05, 0) is 24.5 Å². The van der Waals surface area contributed by atoms with Crippen LogP contribution in [-0.2, 0) is 11.2 Å². The maximum atomic E-state index is 5.03. The van der Waals surface area contributed by atoms with Crippen LogP contribution in [0.4, 0.5) is 17.5 Å². The quantitative estimate of drug-likeness (QED) is 0.819. The van der Waals surface area contributed by atoms with E-state index in [9.17, 15) is 0 Å². The van der Waals surface area contributed by atoms with Gasteiger partial charge in [0.1, 0.15) is 0 Å². The minimum absolute atomic E-state index is 0.650. The summed E-state index contributed by atoms with van der Waals surface area (Å²) in [5.74, 6) is 1.40. The first-order valence-electron chi connectivity index (χ1n) is 7.16. The van der Waals surface area contributed by atoms with Crippen LogP contribution < -0.4 is 10.2 Å². The molecule has 110 valence electrons. The fourth-order valence-electron chi connectivity index (χ4n) is 2.47. The average molecular weight is 285 g/mol. The smallest absolute Gasteiger partial charge is 0.251 e. The van der Waals surface area contributed by atoms with E-state index in [1.54, 1.807) is 13.3 Å². The van der Waals surface area contributed by atoms with Crippen LogP contribution in [0.1, 0.15) is 12.0 Å². The lowest BCUT2D eigenvalue weighted by Crippen LogP contribution is -2.18. The predicted octanol–water partition coefficient (Wildman–Crippen LogP) is 2.01. The van der Waals surface area contributed by atoms with Gasteiger partial charge in [-0.25, -0.2) is 0 Å². The number of aromatic nitrogens is 3. The Kier molecular flexibility index (Phi) is 4.25. The van der Waals surface area contributed by atoms with E-state index < -0.39 is 0 Å². The summed E-state index contributed by atoms with van der Waals surface area (Å²) in [6.45, 7) is 2.44. The first-order valence-corrected chi connectivity index (χ1v) is 7.16. The van der Waals surface area contributed by atoms with Crippen LogP contribution in [-0.4, -0.2) is 42.0 Å². The van der Waals surface area contributed by atoms with Crippen molar-refractivity contribution in [3.63, 3.8) is 0 Å². The average Bonchev–Trinajstić information content (AvgIpc) is 2.96. The zero-order chi connectivity index (χ0) is 14.5. The van der Waals surface area contributed by atoms with Gasteiger partial charge in [0.05, 0.1) is 6.20 Å². The van der Waals surface area contributed by atoms with Crippen LogP contribution in [0.5, 0.6) is 0 Å². The Morgan fingerprint density at radius 3 is 3.14 bits per heavy atom. The van der Waals surface area contributed by atoms with Gasteiger partial charge in [0.15, 0.2) is 5.82 Å². The lowest BCUT2D eigenvalue weighted by atomic mass is 10.2. The van der Waals surface area contributed by atoms with Gasteiger partial charge in [-0.3, -0.25) is 0 Å². The van der Waals surface area contributed by atoms with Crippen molar-refractivity contribution >= 4 is 17.5 Å². The van der Waals surface area contributed by atoms with E-state index >= 15 is 0 Å². The maximum Gasteiger partial charge on any atom is 0.251 e. The van der Waals surface area contributed by atoms with Crippen molar-refractivity contribution in [2.75, 3.05) is 37.0 Å². The van der Waals surface area contributed by atoms with Gasteiger partial charge in [0.2, 0.25) is 0 Å². The van der Waals surface area contributed by atoms with Gasteiger partial charge in [-0.2, -0.15) is 10.1 Å². The Bertz CT molecular complexity index is 604. The van der Waals surface area contributed by atoms with Crippen molar-refractivity contribution in [1.29, 1.82) is 0 Å². The molecule has 1 aliphatic rings. The zero-order valence-corrected chi connectivity index (χ0v) is 12.1. The van der Waals surface area contributed by atoms with Crippen LogP contribution in [0.15, 0.2) is 30.5 Å². The predicted molar refractivity (Wildman–Crippen MR) is 82.0 cm³/mol. The molecule has 21 heavy (non-hydrogen) atoms. The van der Waals surface area contributed by atoms with Gasteiger partial charge in [0, 0.05) is 32.5 Å². The molecule has 2 heterocycles. The van der Waals surface area contributed by atoms with E-state index in [4.69, 9.17) is 4.74 Å². The van der Waals surface area contributed by atoms with Gasteiger partial charge in [-0.15, -0.1) is 5.10 Å². The Morgan fingerprint density at radius 1 is 1.33 bits per heavy atom. The number of methoxy groups -OCH3 is 1. The molecule has 3 rings (SSSR count). The molecule has 0 atom stereocenters. The second-order valence-corrected chi connectivity index (χ2v) is 4.95. The highest BCUT2D eigenvalue weighted by Crippen LogP contribution is 2.32. The Hall–Kier alpha value is -2.21. The highest BCUT2D eigenvalue weighted by atomic mass is 16.5. The third kappa shape index (κ3) is 3.11. The van der Waals surface area contributed by atoms with Crippen molar-refractivity contribution in [1.82, 2.24) is 15.2 Å². The van der Waals surface area contributed by atoms with Crippen molar-refractivity contribution in [3.05, 3.63) is 36.0 Å². The number of ether oxygens (including phenoxy) is 1. The maximum absolute atomic E-state index is 5.03. The van der Waals surface area contributed by atoms with E-state index in [2.05, 4.69) is 43.6 Å². The lowest BCUT2D eigenvalue weighted by molar-refractivity contribution is 0.197. The van der Waals surface area contributed by atoms with Gasteiger partial charge in [-0.1, -0.05) is 18.2 Å². The summed E-state index contributed by atoms with van der Waals surface area (Å²) in [4.78, 5) is 6.67. The second kappa shape index (κ2) is 6.49. The molecule has 1 aromatic heterocycles. The topological polar surface area (TPSA) is 63.2 Å². The summed E-state index contributed by atoms with van der Waals surface area (Å²) in [6.07, 6.45) is 3.60. The molecule has 0 saturated carbocycles. The highest BCUT2D eigenvalue weighted by Gasteiger charge is 2.22. The van der Waals surface area contributed by atoms with Crippen LogP contribution in [0.3, 0.4) is 0 Å². The minimum atomic E-state index is 0.650. The molecular weight excluding hydrogens is 266 g/mol. The molecule has 0 amide bonds. The van der Waals surface area contributed by atoms with Crippen molar-refractivity contribution < 1.29 is 4.74 Å². The molecule has 6 heteroatoms. The van der Waals surface area contributed by atoms with Crippen molar-refractivity contribution in [2.24, 2.45) is 0 Å². The van der Waals surface area contributed by atoms with E-state index in [0.717, 1.165) is 38.4 Å². The number of benzene rings is 1.